The number of nitrogens with one attached hydrogen (secondary N) is 1. The number of rotatable bonds is 6. The lowest BCUT2D eigenvalue weighted by molar-refractivity contribution is -0.138. The summed E-state index contributed by atoms with van der Waals surface area (Å²) in [5.74, 6) is 0.606. The van der Waals surface area contributed by atoms with Crippen molar-refractivity contribution in [3.63, 3.8) is 0 Å². The maximum absolute atomic E-state index is 12.5. The normalized spacial score (nSPS) is 12.0. The third kappa shape index (κ3) is 5.02. The highest BCUT2D eigenvalue weighted by Crippen LogP contribution is 2.33. The predicted molar refractivity (Wildman–Crippen MR) is 94.1 cm³/mol. The van der Waals surface area contributed by atoms with E-state index < -0.39 is 17.1 Å². The third-order valence-corrected chi connectivity index (χ3v) is 4.89. The second-order valence-corrected chi connectivity index (χ2v) is 7.02. The van der Waals surface area contributed by atoms with Gasteiger partial charge in [0.25, 0.3) is 5.91 Å². The molecule has 0 atom stereocenters. The molecule has 3 rings (SSSR count). The molecule has 0 saturated carbocycles. The zero-order valence-electron chi connectivity index (χ0n) is 13.7. The molecule has 0 aromatic carbocycles. The van der Waals surface area contributed by atoms with Gasteiger partial charge in [-0.2, -0.15) is 18.4 Å². The number of aromatic nitrogens is 2. The number of nitrogens with zero attached hydrogens (tertiary/aromatic N) is 3. The smallest absolute Gasteiger partial charge is 0.445 e. The Kier molecular flexibility index (Phi) is 5.86. The minimum absolute atomic E-state index is 0.160. The maximum Gasteiger partial charge on any atom is 0.445 e. The first-order valence-corrected chi connectivity index (χ1v) is 9.24. The fourth-order valence-electron chi connectivity index (χ4n) is 1.87. The average molecular weight is 426 g/mol. The van der Waals surface area contributed by atoms with Crippen LogP contribution >= 0.6 is 23.1 Å². The highest BCUT2D eigenvalue weighted by molar-refractivity contribution is 7.98. The number of hydrogen-bond donors (Lipinski definition) is 1. The van der Waals surface area contributed by atoms with E-state index in [-0.39, 0.29) is 27.8 Å². The second kappa shape index (κ2) is 8.32. The summed E-state index contributed by atoms with van der Waals surface area (Å²) in [6, 6.07) is 8.47. The van der Waals surface area contributed by atoms with Gasteiger partial charge in [-0.1, -0.05) is 23.1 Å². The van der Waals surface area contributed by atoms with E-state index in [2.05, 4.69) is 15.5 Å². The Balaban J connectivity index is 1.65. The van der Waals surface area contributed by atoms with Crippen molar-refractivity contribution in [2.45, 2.75) is 17.0 Å². The molecule has 0 aliphatic heterocycles. The summed E-state index contributed by atoms with van der Waals surface area (Å²) in [4.78, 5) is 12.1. The first-order valence-electron chi connectivity index (χ1n) is 7.44. The zero-order chi connectivity index (χ0) is 20.1. The average Bonchev–Trinajstić information content (AvgIpc) is 3.38. The standard InChI is InChI=1S/C16H9F3N4O3S2/c17-16(18,19)14-22-23-15(28-14)21-13(24)9(7-20)6-10-3-4-12(26-10)27-8-11-2-1-5-25-11/h1-6H,8H2,(H,21,23,24). The van der Waals surface area contributed by atoms with Crippen LogP contribution in [0, 0.1) is 11.3 Å². The third-order valence-electron chi connectivity index (χ3n) is 3.08. The van der Waals surface area contributed by atoms with Crippen LogP contribution in [0.5, 0.6) is 0 Å². The van der Waals surface area contributed by atoms with Crippen LogP contribution in [-0.4, -0.2) is 16.1 Å². The molecule has 0 unspecified atom stereocenters. The molecule has 12 heteroatoms. The largest absolute Gasteiger partial charge is 0.468 e. The minimum Gasteiger partial charge on any atom is -0.468 e. The summed E-state index contributed by atoms with van der Waals surface area (Å²) in [6.07, 6.45) is -1.93. The van der Waals surface area contributed by atoms with Gasteiger partial charge in [-0.15, -0.1) is 10.2 Å². The molecule has 0 radical (unpaired) electrons. The van der Waals surface area contributed by atoms with Crippen molar-refractivity contribution in [1.82, 2.24) is 10.2 Å². The van der Waals surface area contributed by atoms with Gasteiger partial charge in [0.05, 0.1) is 12.0 Å². The van der Waals surface area contributed by atoms with Crippen LogP contribution in [-0.2, 0) is 16.7 Å². The Hall–Kier alpha value is -3.04. The van der Waals surface area contributed by atoms with Crippen LogP contribution in [0.1, 0.15) is 16.5 Å². The summed E-state index contributed by atoms with van der Waals surface area (Å²) in [7, 11) is 0. The molecule has 0 bridgehead atoms. The first kappa shape index (κ1) is 19.7. The van der Waals surface area contributed by atoms with Gasteiger partial charge in [0.2, 0.25) is 10.1 Å². The van der Waals surface area contributed by atoms with Crippen LogP contribution in [0.3, 0.4) is 0 Å². The number of amides is 1. The number of carbonyl (C=O) groups is 1. The molecule has 28 heavy (non-hydrogen) atoms. The Morgan fingerprint density at radius 3 is 2.82 bits per heavy atom. The Morgan fingerprint density at radius 1 is 1.36 bits per heavy atom. The minimum atomic E-state index is -4.66. The molecule has 3 aromatic rings. The van der Waals surface area contributed by atoms with Gasteiger partial charge < -0.3 is 8.83 Å². The molecule has 0 spiro atoms. The summed E-state index contributed by atoms with van der Waals surface area (Å²) in [5, 5.41) is 16.4. The SMILES string of the molecule is N#CC(=Cc1ccc(SCc2ccco2)o1)C(=O)Nc1nnc(C(F)(F)F)s1. The van der Waals surface area contributed by atoms with Gasteiger partial charge in [-0.3, -0.25) is 10.1 Å². The van der Waals surface area contributed by atoms with Crippen LogP contribution in [0.4, 0.5) is 18.3 Å². The zero-order valence-corrected chi connectivity index (χ0v) is 15.3. The molecule has 0 aliphatic rings. The van der Waals surface area contributed by atoms with Crippen molar-refractivity contribution in [3.8, 4) is 6.07 Å². The predicted octanol–water partition coefficient (Wildman–Crippen LogP) is 4.58. The van der Waals surface area contributed by atoms with E-state index in [0.717, 1.165) is 5.76 Å². The van der Waals surface area contributed by atoms with Gasteiger partial charge >= 0.3 is 6.18 Å². The lowest BCUT2D eigenvalue weighted by atomic mass is 10.2. The van der Waals surface area contributed by atoms with Gasteiger partial charge in [-0.25, -0.2) is 0 Å². The summed E-state index contributed by atoms with van der Waals surface area (Å²) in [6.45, 7) is 0. The van der Waals surface area contributed by atoms with Crippen molar-refractivity contribution in [2.24, 2.45) is 0 Å². The van der Waals surface area contributed by atoms with E-state index >= 15 is 0 Å². The molecular weight excluding hydrogens is 417 g/mol. The van der Waals surface area contributed by atoms with E-state index in [1.54, 1.807) is 30.5 Å². The molecule has 3 heterocycles. The van der Waals surface area contributed by atoms with Crippen molar-refractivity contribution < 1.29 is 26.8 Å². The Labute approximate surface area is 163 Å². The number of halogens is 3. The molecule has 3 aromatic heterocycles. The topological polar surface area (TPSA) is 105 Å². The lowest BCUT2D eigenvalue weighted by Gasteiger charge is -1.99. The van der Waals surface area contributed by atoms with E-state index in [9.17, 15) is 18.0 Å². The van der Waals surface area contributed by atoms with Gasteiger partial charge in [0.1, 0.15) is 23.2 Å². The lowest BCUT2D eigenvalue weighted by Crippen LogP contribution is -2.13. The van der Waals surface area contributed by atoms with E-state index in [1.807, 2.05) is 6.07 Å². The second-order valence-electron chi connectivity index (χ2n) is 5.06. The number of furan rings is 2. The molecule has 7 nitrogen and oxygen atoms in total. The Bertz CT molecular complexity index is 1030. The fourth-order valence-corrected chi connectivity index (χ4v) is 3.24. The molecule has 1 N–H and O–H groups in total. The number of thioether (sulfide) groups is 1. The van der Waals surface area contributed by atoms with Crippen LogP contribution in [0.2, 0.25) is 0 Å². The van der Waals surface area contributed by atoms with Crippen LogP contribution in [0.15, 0.2) is 50.0 Å². The molecule has 144 valence electrons. The van der Waals surface area contributed by atoms with Crippen LogP contribution in [0.25, 0.3) is 6.08 Å². The molecule has 0 fully saturated rings. The number of anilines is 1. The van der Waals surface area contributed by atoms with E-state index in [4.69, 9.17) is 14.1 Å². The number of hydrogen-bond acceptors (Lipinski definition) is 8. The van der Waals surface area contributed by atoms with Crippen molar-refractivity contribution >= 4 is 40.2 Å². The molecular formula is C16H9F3N4O3S2. The highest BCUT2D eigenvalue weighted by Gasteiger charge is 2.35. The monoisotopic (exact) mass is 426 g/mol. The summed E-state index contributed by atoms with van der Waals surface area (Å²) in [5.41, 5.74) is -0.360. The van der Waals surface area contributed by atoms with E-state index in [0.29, 0.717) is 10.8 Å². The fraction of sp³-hybridized carbons (Fsp3) is 0.125. The summed E-state index contributed by atoms with van der Waals surface area (Å²) >= 11 is 1.51. The van der Waals surface area contributed by atoms with Crippen molar-refractivity contribution in [2.75, 3.05) is 5.32 Å². The number of nitriles is 1. The first-order chi connectivity index (χ1) is 13.3. The van der Waals surface area contributed by atoms with Gasteiger partial charge in [0, 0.05) is 6.08 Å². The van der Waals surface area contributed by atoms with Crippen LogP contribution < -0.4 is 5.32 Å². The number of carbonyl (C=O) groups excluding carboxylic acids is 1. The van der Waals surface area contributed by atoms with Crippen molar-refractivity contribution in [1.29, 1.82) is 5.26 Å². The number of alkyl halides is 3. The van der Waals surface area contributed by atoms with Crippen molar-refractivity contribution in [3.05, 3.63) is 52.6 Å². The molecule has 0 saturated heterocycles. The molecule has 1 amide bonds. The van der Waals surface area contributed by atoms with Gasteiger partial charge in [0.15, 0.2) is 5.09 Å². The molecule has 0 aliphatic carbocycles. The Morgan fingerprint density at radius 2 is 2.18 bits per heavy atom. The quantitative estimate of drug-likeness (QED) is 0.349. The summed E-state index contributed by atoms with van der Waals surface area (Å²) < 4.78 is 48.3. The van der Waals surface area contributed by atoms with Gasteiger partial charge in [-0.05, 0) is 24.3 Å². The maximum atomic E-state index is 12.5. The highest BCUT2D eigenvalue weighted by atomic mass is 32.2. The van der Waals surface area contributed by atoms with E-state index in [1.165, 1.54) is 17.8 Å².